The zero-order valence-electron chi connectivity index (χ0n) is 22.5. The molecule has 11 nitrogen and oxygen atoms in total. The zero-order valence-corrected chi connectivity index (χ0v) is 23.3. The second-order valence-corrected chi connectivity index (χ2v) is 10.8. The molecule has 2 rings (SSSR count). The lowest BCUT2D eigenvalue weighted by Gasteiger charge is -2.29. The summed E-state index contributed by atoms with van der Waals surface area (Å²) >= 11 is 0. The number of carbonyl (C=O) groups is 4. The molecule has 0 unspecified atom stereocenters. The Morgan fingerprint density at radius 2 is 1.57 bits per heavy atom. The van der Waals surface area contributed by atoms with Gasteiger partial charge in [0.2, 0.25) is 23.6 Å². The molecule has 0 aromatic heterocycles. The van der Waals surface area contributed by atoms with Crippen LogP contribution in [0.15, 0.2) is 48.5 Å². The van der Waals surface area contributed by atoms with Gasteiger partial charge in [0.15, 0.2) is 0 Å². The molecule has 0 saturated heterocycles. The van der Waals surface area contributed by atoms with Crippen molar-refractivity contribution in [2.75, 3.05) is 25.1 Å². The van der Waals surface area contributed by atoms with Crippen molar-refractivity contribution in [2.45, 2.75) is 44.3 Å². The molecule has 0 fully saturated rings. The lowest BCUT2D eigenvalue weighted by atomic mass is 10.0. The maximum absolute atomic E-state index is 13.3. The van der Waals surface area contributed by atoms with Gasteiger partial charge in [0.1, 0.15) is 23.7 Å². The summed E-state index contributed by atoms with van der Waals surface area (Å²) in [6.07, 6.45) is 1.70. The van der Waals surface area contributed by atoms with Crippen LogP contribution in [-0.4, -0.2) is 81.1 Å². The smallest absolute Gasteiger partial charge is 0.243 e. The van der Waals surface area contributed by atoms with Crippen molar-refractivity contribution in [3.63, 3.8) is 0 Å². The van der Waals surface area contributed by atoms with Gasteiger partial charge < -0.3 is 32.1 Å². The van der Waals surface area contributed by atoms with Gasteiger partial charge in [-0.2, -0.15) is 0 Å². The number of hydrogen-bond donors (Lipinski definition) is 5. The van der Waals surface area contributed by atoms with E-state index < -0.39 is 64.9 Å². The van der Waals surface area contributed by atoms with Crippen LogP contribution in [0.1, 0.15) is 24.5 Å². The van der Waals surface area contributed by atoms with Gasteiger partial charge in [-0.3, -0.25) is 23.4 Å². The first-order valence-electron chi connectivity index (χ1n) is 12.7. The number of benzene rings is 2. The fraction of sp³-hybridized carbons (Fsp3) is 0.407. The zero-order chi connectivity index (χ0) is 29.8. The molecule has 0 aliphatic heterocycles. The van der Waals surface area contributed by atoms with Gasteiger partial charge in [-0.1, -0.05) is 24.3 Å². The van der Waals surface area contributed by atoms with E-state index in [9.17, 15) is 32.9 Å². The minimum Gasteiger partial charge on any atom is -0.508 e. The monoisotopic (exact) mass is 577 g/mol. The number of phenols is 1. The Bertz CT molecular complexity index is 1190. The average molecular weight is 578 g/mol. The largest absolute Gasteiger partial charge is 0.508 e. The fourth-order valence-corrected chi connectivity index (χ4v) is 4.54. The summed E-state index contributed by atoms with van der Waals surface area (Å²) in [6.45, 7) is 1.28. The molecule has 218 valence electrons. The van der Waals surface area contributed by atoms with Gasteiger partial charge in [0.05, 0.1) is 12.6 Å². The van der Waals surface area contributed by atoms with Crippen molar-refractivity contribution in [3.8, 4) is 5.75 Å². The molecule has 2 aromatic rings. The van der Waals surface area contributed by atoms with Gasteiger partial charge in [-0.05, 0) is 55.2 Å². The highest BCUT2D eigenvalue weighted by Gasteiger charge is 2.29. The van der Waals surface area contributed by atoms with Crippen molar-refractivity contribution < 1.29 is 32.9 Å². The van der Waals surface area contributed by atoms with Crippen LogP contribution in [0, 0.1) is 5.82 Å². The topological polar surface area (TPSA) is 185 Å². The second kappa shape index (κ2) is 15.7. The predicted octanol–water partition coefficient (Wildman–Crippen LogP) is -0.284. The molecule has 4 atom stereocenters. The highest BCUT2D eigenvalue weighted by Crippen LogP contribution is 2.12. The first kappa shape index (κ1) is 32.4. The summed E-state index contributed by atoms with van der Waals surface area (Å²) in [4.78, 5) is 52.1. The van der Waals surface area contributed by atoms with Crippen LogP contribution in [0.4, 0.5) is 4.39 Å². The first-order valence-corrected chi connectivity index (χ1v) is 14.4. The third-order valence-corrected chi connectivity index (χ3v) is 6.99. The summed E-state index contributed by atoms with van der Waals surface area (Å²) in [5.41, 5.74) is 12.9. The van der Waals surface area contributed by atoms with E-state index >= 15 is 0 Å². The molecule has 13 heteroatoms. The van der Waals surface area contributed by atoms with Crippen molar-refractivity contribution in [2.24, 2.45) is 11.5 Å². The van der Waals surface area contributed by atoms with Crippen molar-refractivity contribution in [3.05, 3.63) is 65.5 Å². The summed E-state index contributed by atoms with van der Waals surface area (Å²) in [5.74, 6) is -2.92. The number of nitrogens with one attached hydrogen (secondary N) is 2. The Balaban J connectivity index is 2.05. The van der Waals surface area contributed by atoms with Gasteiger partial charge in [-0.25, -0.2) is 4.39 Å². The molecule has 40 heavy (non-hydrogen) atoms. The summed E-state index contributed by atoms with van der Waals surface area (Å²) in [5, 5.41) is 14.4. The van der Waals surface area contributed by atoms with Crippen LogP contribution in [0.3, 0.4) is 0 Å². The average Bonchev–Trinajstić information content (AvgIpc) is 2.91. The van der Waals surface area contributed by atoms with E-state index in [1.54, 1.807) is 19.1 Å². The van der Waals surface area contributed by atoms with Gasteiger partial charge in [-0.15, -0.1) is 0 Å². The maximum Gasteiger partial charge on any atom is 0.243 e. The van der Waals surface area contributed by atoms with E-state index in [4.69, 9.17) is 11.5 Å². The van der Waals surface area contributed by atoms with Crippen molar-refractivity contribution in [1.82, 2.24) is 15.5 Å². The first-order chi connectivity index (χ1) is 18.9. The molecule has 0 aliphatic carbocycles. The van der Waals surface area contributed by atoms with E-state index in [0.717, 1.165) is 0 Å². The quantitative estimate of drug-likeness (QED) is 0.193. The van der Waals surface area contributed by atoms with Gasteiger partial charge in [0, 0.05) is 35.8 Å². The number of nitrogens with two attached hydrogens (primary N) is 2. The molecule has 2 aromatic carbocycles. The van der Waals surface area contributed by atoms with Gasteiger partial charge in [0.25, 0.3) is 0 Å². The number of carbonyl (C=O) groups excluding carboxylic acids is 4. The third kappa shape index (κ3) is 10.4. The van der Waals surface area contributed by atoms with E-state index in [0.29, 0.717) is 11.1 Å². The van der Waals surface area contributed by atoms with Gasteiger partial charge >= 0.3 is 0 Å². The molecular weight excluding hydrogens is 541 g/mol. The van der Waals surface area contributed by atoms with Crippen LogP contribution < -0.4 is 22.1 Å². The molecule has 0 radical (unpaired) electrons. The number of likely N-dealkylation sites (N-methyl/N-ethyl adjacent to an activating group) is 1. The summed E-state index contributed by atoms with van der Waals surface area (Å²) in [7, 11) is -1.25. The standard InChI is InChI=1S/C27H36FN5O6S/c1-3-33(23(25(30)36)15-18-4-8-19(28)9-5-18)24(35)16-31-27(38)22(12-13-40(2)39)32-26(37)21(29)14-17-6-10-20(34)11-7-17/h4-11,21-23,34H,3,12-16,29H2,1-2H3,(H2,30,36)(H,31,38)(H,32,37)/t21-,22+,23+,40-/m1/s1. The Morgan fingerprint density at radius 1 is 1.00 bits per heavy atom. The van der Waals surface area contributed by atoms with E-state index in [1.807, 2.05) is 0 Å². The van der Waals surface area contributed by atoms with Crippen LogP contribution in [0.5, 0.6) is 5.75 Å². The number of primary amides is 1. The number of nitrogens with zero attached hydrogens (tertiary/aromatic N) is 1. The Labute approximate surface area is 234 Å². The number of amides is 4. The van der Waals surface area contributed by atoms with Crippen LogP contribution >= 0.6 is 0 Å². The summed E-state index contributed by atoms with van der Waals surface area (Å²) < 4.78 is 24.9. The fourth-order valence-electron chi connectivity index (χ4n) is 3.98. The summed E-state index contributed by atoms with van der Waals surface area (Å²) in [6, 6.07) is 8.46. The van der Waals surface area contributed by atoms with Crippen molar-refractivity contribution >= 4 is 34.4 Å². The molecule has 4 amide bonds. The Hall–Kier alpha value is -3.84. The molecule has 0 heterocycles. The van der Waals surface area contributed by atoms with Crippen molar-refractivity contribution in [1.29, 1.82) is 0 Å². The maximum atomic E-state index is 13.3. The molecule has 0 spiro atoms. The molecule has 7 N–H and O–H groups in total. The lowest BCUT2D eigenvalue weighted by molar-refractivity contribution is -0.139. The van der Waals surface area contributed by atoms with E-state index in [2.05, 4.69) is 10.6 Å². The van der Waals surface area contributed by atoms with Crippen LogP contribution in [-0.2, 0) is 42.8 Å². The van der Waals surface area contributed by atoms with Crippen LogP contribution in [0.25, 0.3) is 0 Å². The molecule has 0 aliphatic rings. The van der Waals surface area contributed by atoms with E-state index in [-0.39, 0.29) is 37.3 Å². The van der Waals surface area contributed by atoms with Crippen LogP contribution in [0.2, 0.25) is 0 Å². The third-order valence-electron chi connectivity index (χ3n) is 6.18. The molecule has 0 saturated carbocycles. The number of aromatic hydroxyl groups is 1. The number of hydrogen-bond acceptors (Lipinski definition) is 7. The minimum atomic E-state index is -1.25. The lowest BCUT2D eigenvalue weighted by Crippen LogP contribution is -2.55. The number of phenolic OH excluding ortho intramolecular Hbond substituents is 1. The normalized spacial score (nSPS) is 13.9. The number of halogens is 1. The Morgan fingerprint density at radius 3 is 2.12 bits per heavy atom. The molecular formula is C27H36FN5O6S. The Kier molecular flexibility index (Phi) is 12.7. The molecule has 0 bridgehead atoms. The number of rotatable bonds is 15. The SMILES string of the molecule is CCN(C(=O)CNC(=O)[C@H](CC[S@@](C)=O)NC(=O)[C@H](N)Cc1ccc(O)cc1)[C@@H](Cc1ccc(F)cc1)C(N)=O. The highest BCUT2D eigenvalue weighted by molar-refractivity contribution is 7.84. The predicted molar refractivity (Wildman–Crippen MR) is 149 cm³/mol. The second-order valence-electron chi connectivity index (χ2n) is 9.25. The minimum absolute atomic E-state index is 0.0345. The highest BCUT2D eigenvalue weighted by atomic mass is 32.2. The van der Waals surface area contributed by atoms with E-state index in [1.165, 1.54) is 47.6 Å².